The summed E-state index contributed by atoms with van der Waals surface area (Å²) in [4.78, 5) is 2.55. The van der Waals surface area contributed by atoms with E-state index in [9.17, 15) is 0 Å². The third-order valence-corrected chi connectivity index (χ3v) is 17.4. The van der Waals surface area contributed by atoms with Crippen LogP contribution in [0.2, 0.25) is 9.38 Å². The molecule has 0 aromatic rings. The molecule has 0 aromatic carbocycles. The molecule has 0 aromatic heterocycles. The van der Waals surface area contributed by atoms with Crippen LogP contribution < -0.4 is 0 Å². The standard InChI is InChI=1S/C5H12N2.C2H5.CH3.Sn/c1-3-6-5-7-4-2;1-2;;/h3-5H2,1-2H3;1H2,2H3;1H3;/q-2;;;+2. The van der Waals surface area contributed by atoms with Crippen LogP contribution >= 0.6 is 0 Å². The maximum absolute atomic E-state index is 2.73. The summed E-state index contributed by atoms with van der Waals surface area (Å²) in [5.74, 6) is 0. The van der Waals surface area contributed by atoms with Crippen molar-refractivity contribution in [2.24, 2.45) is 0 Å². The normalized spacial score (nSPS) is 25.1. The molecule has 66 valence electrons. The van der Waals surface area contributed by atoms with E-state index in [0.717, 1.165) is 0 Å². The van der Waals surface area contributed by atoms with Crippen LogP contribution in [0, 0.1) is 0 Å². The zero-order valence-electron chi connectivity index (χ0n) is 8.22. The molecule has 0 unspecified atom stereocenters. The molecule has 2 nitrogen and oxygen atoms in total. The Morgan fingerprint density at radius 1 is 1.09 bits per heavy atom. The summed E-state index contributed by atoms with van der Waals surface area (Å²) in [6.45, 7) is 10.7. The van der Waals surface area contributed by atoms with Crippen molar-refractivity contribution in [3.05, 3.63) is 0 Å². The molecule has 0 atom stereocenters. The van der Waals surface area contributed by atoms with Gasteiger partial charge in [0.25, 0.3) is 0 Å². The first-order chi connectivity index (χ1) is 5.19. The van der Waals surface area contributed by atoms with Crippen LogP contribution in [0.4, 0.5) is 0 Å². The van der Waals surface area contributed by atoms with Gasteiger partial charge in [-0.15, -0.1) is 0 Å². The molecule has 1 fully saturated rings. The Morgan fingerprint density at radius 3 is 1.82 bits per heavy atom. The van der Waals surface area contributed by atoms with E-state index < -0.39 is 18.9 Å². The van der Waals surface area contributed by atoms with Crippen molar-refractivity contribution < 1.29 is 0 Å². The molecule has 0 N–H and O–H groups in total. The molecule has 3 heteroatoms. The molecule has 0 amide bonds. The number of nitrogens with zero attached hydrogens (tertiary/aromatic N) is 2. The quantitative estimate of drug-likeness (QED) is 0.715. The van der Waals surface area contributed by atoms with Crippen molar-refractivity contribution in [1.82, 2.24) is 6.24 Å². The SMILES string of the molecule is CC[N]1C[N](CC)[Sn]1([CH3])[CH2]C. The molecule has 0 radical (unpaired) electrons. The maximum atomic E-state index is 2.73. The molecule has 0 spiro atoms. The van der Waals surface area contributed by atoms with Crippen LogP contribution in [0.15, 0.2) is 0 Å². The minimum atomic E-state index is -1.79. The van der Waals surface area contributed by atoms with E-state index >= 15 is 0 Å². The van der Waals surface area contributed by atoms with Gasteiger partial charge in [-0.05, 0) is 0 Å². The molecule has 1 aliphatic rings. The van der Waals surface area contributed by atoms with E-state index in [1.54, 1.807) is 0 Å². The second-order valence-corrected chi connectivity index (χ2v) is 16.0. The van der Waals surface area contributed by atoms with Crippen LogP contribution in [0.25, 0.3) is 0 Å². The second-order valence-electron chi connectivity index (χ2n) is 3.42. The molecule has 1 rings (SSSR count). The van der Waals surface area contributed by atoms with Crippen LogP contribution in [0.5, 0.6) is 0 Å². The van der Waals surface area contributed by atoms with Gasteiger partial charge in [-0.25, -0.2) is 0 Å². The van der Waals surface area contributed by atoms with Crippen LogP contribution in [-0.2, 0) is 0 Å². The van der Waals surface area contributed by atoms with E-state index in [4.69, 9.17) is 0 Å². The second kappa shape index (κ2) is 3.62. The first-order valence-electron chi connectivity index (χ1n) is 4.69. The molecule has 1 aliphatic heterocycles. The molecular formula is C8H20N2Sn. The Hall–Kier alpha value is 0.719. The number of hydrogen-bond donors (Lipinski definition) is 0. The van der Waals surface area contributed by atoms with Crippen molar-refractivity contribution in [3.63, 3.8) is 0 Å². The number of rotatable bonds is 3. The first kappa shape index (κ1) is 9.80. The van der Waals surface area contributed by atoms with Gasteiger partial charge < -0.3 is 0 Å². The summed E-state index contributed by atoms with van der Waals surface area (Å²) in [5, 5.41) is 0. The van der Waals surface area contributed by atoms with Gasteiger partial charge in [0.15, 0.2) is 0 Å². The predicted molar refractivity (Wildman–Crippen MR) is 51.7 cm³/mol. The predicted octanol–water partition coefficient (Wildman–Crippen LogP) is 1.69. The third-order valence-electron chi connectivity index (χ3n) is 3.14. The van der Waals surface area contributed by atoms with Gasteiger partial charge in [0.05, 0.1) is 0 Å². The van der Waals surface area contributed by atoms with Crippen LogP contribution in [-0.4, -0.2) is 44.9 Å². The van der Waals surface area contributed by atoms with Crippen LogP contribution in [0.3, 0.4) is 0 Å². The summed E-state index contributed by atoms with van der Waals surface area (Å²) >= 11 is -1.79. The van der Waals surface area contributed by atoms with E-state index in [1.165, 1.54) is 24.2 Å². The van der Waals surface area contributed by atoms with Crippen LogP contribution in [0.1, 0.15) is 20.8 Å². The Morgan fingerprint density at radius 2 is 1.55 bits per heavy atom. The minimum absolute atomic E-state index is 1.26. The topological polar surface area (TPSA) is 6.48 Å². The number of hydrogen-bond acceptors (Lipinski definition) is 2. The Bertz CT molecular complexity index is 128. The van der Waals surface area contributed by atoms with Crippen molar-refractivity contribution in [1.29, 1.82) is 0 Å². The average molecular weight is 263 g/mol. The molecule has 11 heavy (non-hydrogen) atoms. The molecule has 0 bridgehead atoms. The molecule has 1 heterocycles. The van der Waals surface area contributed by atoms with Gasteiger partial charge in [-0.2, -0.15) is 0 Å². The summed E-state index contributed by atoms with van der Waals surface area (Å²) in [6, 6.07) is 0. The molecule has 0 saturated carbocycles. The van der Waals surface area contributed by atoms with Gasteiger partial charge in [-0.1, -0.05) is 0 Å². The van der Waals surface area contributed by atoms with Gasteiger partial charge in [0.1, 0.15) is 0 Å². The first-order valence-corrected chi connectivity index (χ1v) is 12.1. The summed E-state index contributed by atoms with van der Waals surface area (Å²) in [5.41, 5.74) is 0. The summed E-state index contributed by atoms with van der Waals surface area (Å²) in [6.07, 6.45) is 0. The van der Waals surface area contributed by atoms with E-state index in [0.29, 0.717) is 0 Å². The average Bonchev–Trinajstić information content (AvgIpc) is 2.03. The van der Waals surface area contributed by atoms with Crippen molar-refractivity contribution in [3.8, 4) is 0 Å². The van der Waals surface area contributed by atoms with E-state index in [1.807, 2.05) is 0 Å². The fourth-order valence-corrected chi connectivity index (χ4v) is 11.6. The summed E-state index contributed by atoms with van der Waals surface area (Å²) in [7, 11) is 0. The van der Waals surface area contributed by atoms with E-state index in [-0.39, 0.29) is 0 Å². The Labute approximate surface area is 75.1 Å². The van der Waals surface area contributed by atoms with E-state index in [2.05, 4.69) is 32.0 Å². The van der Waals surface area contributed by atoms with Crippen molar-refractivity contribution in [2.45, 2.75) is 30.1 Å². The Kier molecular flexibility index (Phi) is 3.23. The zero-order valence-corrected chi connectivity index (χ0v) is 11.1. The monoisotopic (exact) mass is 264 g/mol. The summed E-state index contributed by atoms with van der Waals surface area (Å²) < 4.78 is 6.91. The fourth-order valence-electron chi connectivity index (χ4n) is 1.96. The molecule has 1 saturated heterocycles. The fraction of sp³-hybridized carbons (Fsp3) is 1.00. The van der Waals surface area contributed by atoms with Crippen molar-refractivity contribution in [2.75, 3.05) is 19.8 Å². The van der Waals surface area contributed by atoms with Gasteiger partial charge in [0.2, 0.25) is 0 Å². The van der Waals surface area contributed by atoms with Crippen molar-refractivity contribution >= 4 is 18.9 Å². The van der Waals surface area contributed by atoms with Gasteiger partial charge >= 0.3 is 75.1 Å². The molecular weight excluding hydrogens is 243 g/mol. The molecule has 0 aliphatic carbocycles. The zero-order chi connectivity index (χ0) is 8.48. The Balaban J connectivity index is 2.55. The third kappa shape index (κ3) is 1.45. The van der Waals surface area contributed by atoms with Gasteiger partial charge in [0, 0.05) is 0 Å². The van der Waals surface area contributed by atoms with Gasteiger partial charge in [-0.3, -0.25) is 0 Å².